The number of benzene rings is 2. The Kier molecular flexibility index (Phi) is 7.95. The first-order chi connectivity index (χ1) is 14.9. The van der Waals surface area contributed by atoms with Crippen LogP contribution in [0.15, 0.2) is 53.7 Å². The van der Waals surface area contributed by atoms with Gasteiger partial charge in [-0.05, 0) is 44.2 Å². The number of nitrogens with zero attached hydrogens (tertiary/aromatic N) is 3. The average molecular weight is 478 g/mol. The third-order valence-corrected chi connectivity index (χ3v) is 5.90. The molecule has 162 valence electrons. The lowest BCUT2D eigenvalue weighted by Crippen LogP contribution is -2.28. The van der Waals surface area contributed by atoms with Crippen LogP contribution in [0.5, 0.6) is 0 Å². The Hall–Kier alpha value is -2.55. The number of thioether (sulfide) groups is 1. The summed E-state index contributed by atoms with van der Waals surface area (Å²) in [7, 11) is 0. The summed E-state index contributed by atoms with van der Waals surface area (Å²) in [5.74, 6) is 0.302. The molecule has 3 rings (SSSR count). The molecular weight excluding hydrogens is 457 g/mol. The van der Waals surface area contributed by atoms with Gasteiger partial charge in [0.2, 0.25) is 5.91 Å². The number of halogens is 2. The third kappa shape index (κ3) is 6.00. The number of carbonyl (C=O) groups excluding carboxylic acids is 2. The predicted octanol–water partition coefficient (Wildman–Crippen LogP) is 4.83. The fraction of sp³-hybridized carbons (Fsp3) is 0.238. The minimum absolute atomic E-state index is 0.117. The van der Waals surface area contributed by atoms with Crippen molar-refractivity contribution < 1.29 is 9.59 Å². The van der Waals surface area contributed by atoms with Crippen molar-refractivity contribution in [2.75, 3.05) is 11.1 Å². The Morgan fingerprint density at radius 1 is 1.13 bits per heavy atom. The molecule has 31 heavy (non-hydrogen) atoms. The highest BCUT2D eigenvalue weighted by atomic mass is 35.5. The summed E-state index contributed by atoms with van der Waals surface area (Å²) in [6.45, 7) is 4.39. The van der Waals surface area contributed by atoms with E-state index in [-0.39, 0.29) is 23.6 Å². The smallest absolute Gasteiger partial charge is 0.251 e. The van der Waals surface area contributed by atoms with E-state index in [1.165, 1.54) is 11.8 Å². The van der Waals surface area contributed by atoms with Gasteiger partial charge in [-0.15, -0.1) is 10.2 Å². The van der Waals surface area contributed by atoms with Crippen molar-refractivity contribution in [3.05, 3.63) is 70.0 Å². The molecule has 1 aromatic heterocycles. The standard InChI is InChI=1S/C21H21Cl2N5O2S/c1-3-28-19(13(2)24-20(30)14-7-5-4-6-8-14)26-27-21(28)31-12-18(29)25-17-11-15(22)9-10-16(17)23/h4-11,13H,3,12H2,1-2H3,(H,24,30)(H,25,29)/t13-/m0/s1. The monoisotopic (exact) mass is 477 g/mol. The van der Waals surface area contributed by atoms with Gasteiger partial charge in [0, 0.05) is 17.1 Å². The van der Waals surface area contributed by atoms with Crippen molar-refractivity contribution in [1.82, 2.24) is 20.1 Å². The fourth-order valence-electron chi connectivity index (χ4n) is 2.87. The fourth-order valence-corrected chi connectivity index (χ4v) is 4.01. The van der Waals surface area contributed by atoms with Crippen LogP contribution in [-0.2, 0) is 11.3 Å². The molecule has 1 heterocycles. The van der Waals surface area contributed by atoms with Gasteiger partial charge in [0.15, 0.2) is 11.0 Å². The van der Waals surface area contributed by atoms with E-state index < -0.39 is 0 Å². The molecule has 0 fully saturated rings. The van der Waals surface area contributed by atoms with Gasteiger partial charge in [-0.1, -0.05) is 53.2 Å². The number of anilines is 1. The maximum atomic E-state index is 12.4. The minimum Gasteiger partial charge on any atom is -0.342 e. The first-order valence-corrected chi connectivity index (χ1v) is 11.3. The van der Waals surface area contributed by atoms with Crippen LogP contribution in [-0.4, -0.2) is 32.3 Å². The van der Waals surface area contributed by atoms with Crippen molar-refractivity contribution in [3.63, 3.8) is 0 Å². The molecule has 2 N–H and O–H groups in total. The molecule has 10 heteroatoms. The van der Waals surface area contributed by atoms with E-state index in [0.29, 0.717) is 38.8 Å². The molecule has 2 aromatic carbocycles. The SMILES string of the molecule is CCn1c(SCC(=O)Nc2cc(Cl)ccc2Cl)nnc1[C@H](C)NC(=O)c1ccccc1. The predicted molar refractivity (Wildman–Crippen MR) is 124 cm³/mol. The van der Waals surface area contributed by atoms with Crippen LogP contribution in [0.3, 0.4) is 0 Å². The molecule has 1 atom stereocenters. The van der Waals surface area contributed by atoms with Gasteiger partial charge in [-0.25, -0.2) is 0 Å². The largest absolute Gasteiger partial charge is 0.342 e. The highest BCUT2D eigenvalue weighted by Crippen LogP contribution is 2.26. The number of amides is 2. The quantitative estimate of drug-likeness (QED) is 0.453. The molecule has 0 aliphatic heterocycles. The highest BCUT2D eigenvalue weighted by molar-refractivity contribution is 7.99. The van der Waals surface area contributed by atoms with Crippen molar-refractivity contribution >= 4 is 52.5 Å². The highest BCUT2D eigenvalue weighted by Gasteiger charge is 2.20. The summed E-state index contributed by atoms with van der Waals surface area (Å²) in [5.41, 5.74) is 1.03. The topological polar surface area (TPSA) is 88.9 Å². The normalized spacial score (nSPS) is 11.7. The number of aromatic nitrogens is 3. The zero-order valence-electron chi connectivity index (χ0n) is 16.9. The molecule has 0 radical (unpaired) electrons. The number of hydrogen-bond donors (Lipinski definition) is 2. The number of rotatable bonds is 8. The summed E-state index contributed by atoms with van der Waals surface area (Å²) in [4.78, 5) is 24.8. The van der Waals surface area contributed by atoms with Crippen LogP contribution >= 0.6 is 35.0 Å². The van der Waals surface area contributed by atoms with E-state index in [9.17, 15) is 9.59 Å². The molecule has 7 nitrogen and oxygen atoms in total. The van der Waals surface area contributed by atoms with Crippen LogP contribution in [0.1, 0.15) is 36.1 Å². The van der Waals surface area contributed by atoms with Gasteiger partial charge in [0.05, 0.1) is 22.5 Å². The second-order valence-corrected chi connectivity index (χ2v) is 8.39. The van der Waals surface area contributed by atoms with E-state index in [1.807, 2.05) is 36.6 Å². The average Bonchev–Trinajstić information content (AvgIpc) is 3.18. The number of carbonyl (C=O) groups is 2. The molecule has 0 unspecified atom stereocenters. The maximum Gasteiger partial charge on any atom is 0.251 e. The Morgan fingerprint density at radius 2 is 1.87 bits per heavy atom. The van der Waals surface area contributed by atoms with Crippen molar-refractivity contribution in [1.29, 1.82) is 0 Å². The van der Waals surface area contributed by atoms with Crippen LogP contribution in [0, 0.1) is 0 Å². The van der Waals surface area contributed by atoms with Crippen LogP contribution < -0.4 is 10.6 Å². The Bertz CT molecular complexity index is 1070. The van der Waals surface area contributed by atoms with Crippen molar-refractivity contribution in [2.45, 2.75) is 31.6 Å². The molecule has 0 saturated heterocycles. The van der Waals surface area contributed by atoms with Gasteiger partial charge < -0.3 is 15.2 Å². The van der Waals surface area contributed by atoms with Crippen molar-refractivity contribution in [2.24, 2.45) is 0 Å². The molecule has 0 aliphatic carbocycles. The van der Waals surface area contributed by atoms with Gasteiger partial charge in [-0.3, -0.25) is 9.59 Å². The maximum absolute atomic E-state index is 12.4. The second-order valence-electron chi connectivity index (χ2n) is 6.61. The lowest BCUT2D eigenvalue weighted by Gasteiger charge is -2.15. The van der Waals surface area contributed by atoms with Crippen LogP contribution in [0.2, 0.25) is 10.0 Å². The third-order valence-electron chi connectivity index (χ3n) is 4.37. The first-order valence-electron chi connectivity index (χ1n) is 9.55. The minimum atomic E-state index is -0.353. The van der Waals surface area contributed by atoms with Crippen LogP contribution in [0.4, 0.5) is 5.69 Å². The van der Waals surface area contributed by atoms with Gasteiger partial charge in [0.25, 0.3) is 5.91 Å². The first kappa shape index (κ1) is 23.1. The molecule has 0 spiro atoms. The molecule has 3 aromatic rings. The molecule has 0 aliphatic rings. The summed E-state index contributed by atoms with van der Waals surface area (Å²) < 4.78 is 1.88. The van der Waals surface area contributed by atoms with Gasteiger partial charge in [0.1, 0.15) is 0 Å². The second kappa shape index (κ2) is 10.7. The van der Waals surface area contributed by atoms with Crippen LogP contribution in [0.25, 0.3) is 0 Å². The van der Waals surface area contributed by atoms with Gasteiger partial charge >= 0.3 is 0 Å². The molecule has 2 amide bonds. The summed E-state index contributed by atoms with van der Waals surface area (Å²) in [6, 6.07) is 13.5. The number of hydrogen-bond acceptors (Lipinski definition) is 5. The summed E-state index contributed by atoms with van der Waals surface area (Å²) in [5, 5.41) is 15.6. The lowest BCUT2D eigenvalue weighted by atomic mass is 10.2. The summed E-state index contributed by atoms with van der Waals surface area (Å²) in [6.07, 6.45) is 0. The van der Waals surface area contributed by atoms with Gasteiger partial charge in [-0.2, -0.15) is 0 Å². The Labute approximate surface area is 194 Å². The van der Waals surface area contributed by atoms with E-state index in [4.69, 9.17) is 23.2 Å². The van der Waals surface area contributed by atoms with E-state index in [1.54, 1.807) is 30.3 Å². The Morgan fingerprint density at radius 3 is 2.58 bits per heavy atom. The molecular formula is C21H21Cl2N5O2S. The number of nitrogens with one attached hydrogen (secondary N) is 2. The summed E-state index contributed by atoms with van der Waals surface area (Å²) >= 11 is 13.3. The molecule has 0 bridgehead atoms. The van der Waals surface area contributed by atoms with E-state index >= 15 is 0 Å². The van der Waals surface area contributed by atoms with E-state index in [0.717, 1.165) is 0 Å². The molecule has 0 saturated carbocycles. The zero-order valence-corrected chi connectivity index (χ0v) is 19.3. The van der Waals surface area contributed by atoms with E-state index in [2.05, 4.69) is 20.8 Å². The Balaban J connectivity index is 1.63. The van der Waals surface area contributed by atoms with Crippen molar-refractivity contribution in [3.8, 4) is 0 Å². The zero-order chi connectivity index (χ0) is 22.4. The lowest BCUT2D eigenvalue weighted by molar-refractivity contribution is -0.113.